The van der Waals surface area contributed by atoms with Crippen molar-refractivity contribution in [1.82, 2.24) is 20.5 Å². The Morgan fingerprint density at radius 3 is 3.06 bits per heavy atom. The van der Waals surface area contributed by atoms with Crippen LogP contribution >= 0.6 is 11.3 Å². The van der Waals surface area contributed by atoms with Gasteiger partial charge in [0.25, 0.3) is 0 Å². The zero-order valence-corrected chi connectivity index (χ0v) is 11.2. The van der Waals surface area contributed by atoms with Gasteiger partial charge in [-0.2, -0.15) is 0 Å². The van der Waals surface area contributed by atoms with Crippen molar-refractivity contribution >= 4 is 11.3 Å². The van der Waals surface area contributed by atoms with E-state index in [2.05, 4.69) is 20.5 Å². The summed E-state index contributed by atoms with van der Waals surface area (Å²) in [6, 6.07) is 4.80. The summed E-state index contributed by atoms with van der Waals surface area (Å²) >= 11 is 1.68. The summed E-state index contributed by atoms with van der Waals surface area (Å²) in [5.41, 5.74) is 2.13. The van der Waals surface area contributed by atoms with Crippen LogP contribution in [0.25, 0.3) is 10.6 Å². The van der Waals surface area contributed by atoms with Gasteiger partial charge in [0.05, 0.1) is 0 Å². The lowest BCUT2D eigenvalue weighted by atomic mass is 10.2. The zero-order chi connectivity index (χ0) is 12.4. The van der Waals surface area contributed by atoms with Gasteiger partial charge < -0.3 is 5.32 Å². The third-order valence-electron chi connectivity index (χ3n) is 2.96. The summed E-state index contributed by atoms with van der Waals surface area (Å²) in [7, 11) is 0. The number of nitrogens with zero attached hydrogens (tertiary/aromatic N) is 3. The molecule has 1 N–H and O–H groups in total. The lowest BCUT2D eigenvalue weighted by Gasteiger charge is -1.98. The van der Waals surface area contributed by atoms with Crippen molar-refractivity contribution in [1.29, 1.82) is 0 Å². The molecule has 18 heavy (non-hydrogen) atoms. The van der Waals surface area contributed by atoms with E-state index in [0.29, 0.717) is 0 Å². The summed E-state index contributed by atoms with van der Waals surface area (Å²) in [5, 5.41) is 14.1. The van der Waals surface area contributed by atoms with Crippen LogP contribution < -0.4 is 5.32 Å². The number of hydrogen-bond acceptors (Lipinski definition) is 5. The molecule has 0 amide bonds. The van der Waals surface area contributed by atoms with Crippen LogP contribution in [0, 0.1) is 6.92 Å². The lowest BCUT2D eigenvalue weighted by Crippen LogP contribution is -2.19. The molecule has 0 saturated heterocycles. The van der Waals surface area contributed by atoms with Crippen molar-refractivity contribution in [2.45, 2.75) is 32.2 Å². The molecule has 3 rings (SSSR count). The lowest BCUT2D eigenvalue weighted by molar-refractivity contribution is 0.677. The monoisotopic (exact) mass is 260 g/mol. The molecule has 1 aliphatic rings. The summed E-state index contributed by atoms with van der Waals surface area (Å²) in [6.45, 7) is 3.00. The molecule has 1 aliphatic carbocycles. The molecule has 0 atom stereocenters. The van der Waals surface area contributed by atoms with Gasteiger partial charge in [-0.1, -0.05) is 11.3 Å². The van der Waals surface area contributed by atoms with E-state index in [1.807, 2.05) is 25.3 Å². The minimum atomic E-state index is 0.764. The van der Waals surface area contributed by atoms with Gasteiger partial charge in [0.15, 0.2) is 0 Å². The first-order valence-corrected chi connectivity index (χ1v) is 7.12. The highest BCUT2D eigenvalue weighted by Gasteiger charge is 2.19. The predicted octanol–water partition coefficient (Wildman–Crippen LogP) is 2.20. The normalized spacial score (nSPS) is 14.9. The van der Waals surface area contributed by atoms with Crippen molar-refractivity contribution in [3.63, 3.8) is 0 Å². The topological polar surface area (TPSA) is 50.7 Å². The maximum absolute atomic E-state index is 4.25. The highest BCUT2D eigenvalue weighted by atomic mass is 32.1. The molecular formula is C13H16N4S. The maximum atomic E-state index is 4.25. The van der Waals surface area contributed by atoms with Crippen LogP contribution in [0.3, 0.4) is 0 Å². The van der Waals surface area contributed by atoms with Crippen LogP contribution in [0.5, 0.6) is 0 Å². The molecule has 2 aromatic heterocycles. The third kappa shape index (κ3) is 2.91. The van der Waals surface area contributed by atoms with Crippen LogP contribution in [0.15, 0.2) is 18.3 Å². The molecule has 4 nitrogen and oxygen atoms in total. The van der Waals surface area contributed by atoms with E-state index in [4.69, 9.17) is 0 Å². The number of nitrogens with one attached hydrogen (secondary N) is 1. The van der Waals surface area contributed by atoms with E-state index >= 15 is 0 Å². The fourth-order valence-corrected chi connectivity index (χ4v) is 2.66. The van der Waals surface area contributed by atoms with Crippen LogP contribution in [-0.2, 0) is 6.42 Å². The standard InChI is InChI=1S/C13H16N4S/c1-9-8-10(4-6-14-9)13-17-16-12(18-13)5-7-15-11-2-3-11/h4,6,8,11,15H,2-3,5,7H2,1H3. The average molecular weight is 260 g/mol. The van der Waals surface area contributed by atoms with Gasteiger partial charge in [0.1, 0.15) is 10.0 Å². The van der Waals surface area contributed by atoms with Crippen molar-refractivity contribution < 1.29 is 0 Å². The van der Waals surface area contributed by atoms with Crippen LogP contribution in [0.4, 0.5) is 0 Å². The number of aryl methyl sites for hydroxylation is 1. The summed E-state index contributed by atoms with van der Waals surface area (Å²) in [4.78, 5) is 4.19. The molecule has 0 spiro atoms. The second-order valence-corrected chi connectivity index (χ2v) is 5.73. The molecule has 1 fully saturated rings. The van der Waals surface area contributed by atoms with Crippen molar-refractivity contribution in [2.24, 2.45) is 0 Å². The van der Waals surface area contributed by atoms with E-state index < -0.39 is 0 Å². The number of rotatable bonds is 5. The second kappa shape index (κ2) is 5.12. The van der Waals surface area contributed by atoms with Crippen LogP contribution in [0.2, 0.25) is 0 Å². The molecule has 94 valence electrons. The first-order chi connectivity index (χ1) is 8.81. The quantitative estimate of drug-likeness (QED) is 0.895. The van der Waals surface area contributed by atoms with E-state index in [0.717, 1.165) is 40.3 Å². The van der Waals surface area contributed by atoms with Gasteiger partial charge in [-0.05, 0) is 31.9 Å². The van der Waals surface area contributed by atoms with Gasteiger partial charge in [-0.25, -0.2) is 0 Å². The Morgan fingerprint density at radius 1 is 1.39 bits per heavy atom. The Labute approximate surface area is 110 Å². The Morgan fingerprint density at radius 2 is 2.28 bits per heavy atom. The largest absolute Gasteiger partial charge is 0.314 e. The molecule has 0 aromatic carbocycles. The Balaban J connectivity index is 1.64. The van der Waals surface area contributed by atoms with Crippen LogP contribution in [0.1, 0.15) is 23.5 Å². The van der Waals surface area contributed by atoms with Gasteiger partial charge in [0.2, 0.25) is 0 Å². The molecule has 0 bridgehead atoms. The first kappa shape index (κ1) is 11.7. The molecule has 0 radical (unpaired) electrons. The van der Waals surface area contributed by atoms with Crippen molar-refractivity contribution in [3.05, 3.63) is 29.0 Å². The van der Waals surface area contributed by atoms with E-state index in [1.165, 1.54) is 12.8 Å². The smallest absolute Gasteiger partial charge is 0.147 e. The van der Waals surface area contributed by atoms with Gasteiger partial charge in [-0.3, -0.25) is 4.98 Å². The van der Waals surface area contributed by atoms with E-state index in [1.54, 1.807) is 11.3 Å². The summed E-state index contributed by atoms with van der Waals surface area (Å²) < 4.78 is 0. The molecule has 5 heteroatoms. The average Bonchev–Trinajstić information content (AvgIpc) is 3.06. The Bertz CT molecular complexity index is 533. The SMILES string of the molecule is Cc1cc(-c2nnc(CCNC3CC3)s2)ccn1. The molecule has 2 aromatic rings. The van der Waals surface area contributed by atoms with Gasteiger partial charge >= 0.3 is 0 Å². The fraction of sp³-hybridized carbons (Fsp3) is 0.462. The predicted molar refractivity (Wildman–Crippen MR) is 72.6 cm³/mol. The highest BCUT2D eigenvalue weighted by molar-refractivity contribution is 7.14. The molecular weight excluding hydrogens is 244 g/mol. The number of hydrogen-bond donors (Lipinski definition) is 1. The summed E-state index contributed by atoms with van der Waals surface area (Å²) in [6.07, 6.45) is 5.45. The van der Waals surface area contributed by atoms with E-state index in [9.17, 15) is 0 Å². The Hall–Kier alpha value is -1.33. The first-order valence-electron chi connectivity index (χ1n) is 6.30. The number of pyridine rings is 1. The Kier molecular flexibility index (Phi) is 3.34. The van der Waals surface area contributed by atoms with Crippen LogP contribution in [-0.4, -0.2) is 27.8 Å². The zero-order valence-electron chi connectivity index (χ0n) is 10.4. The minimum Gasteiger partial charge on any atom is -0.314 e. The minimum absolute atomic E-state index is 0.764. The molecule has 1 saturated carbocycles. The molecule has 0 unspecified atom stereocenters. The van der Waals surface area contributed by atoms with E-state index in [-0.39, 0.29) is 0 Å². The molecule has 0 aliphatic heterocycles. The third-order valence-corrected chi connectivity index (χ3v) is 3.99. The fourth-order valence-electron chi connectivity index (χ4n) is 1.82. The van der Waals surface area contributed by atoms with Crippen molar-refractivity contribution in [3.8, 4) is 10.6 Å². The van der Waals surface area contributed by atoms with Gasteiger partial charge in [0, 0.05) is 36.5 Å². The van der Waals surface area contributed by atoms with Gasteiger partial charge in [-0.15, -0.1) is 10.2 Å². The summed E-state index contributed by atoms with van der Waals surface area (Å²) in [5.74, 6) is 0. The highest BCUT2D eigenvalue weighted by Crippen LogP contribution is 2.24. The van der Waals surface area contributed by atoms with Crippen molar-refractivity contribution in [2.75, 3.05) is 6.54 Å². The second-order valence-electron chi connectivity index (χ2n) is 4.67. The number of aromatic nitrogens is 3. The molecule has 2 heterocycles. The maximum Gasteiger partial charge on any atom is 0.147 e.